The molecule has 0 atom stereocenters. The van der Waals surface area contributed by atoms with Crippen LogP contribution in [0.1, 0.15) is 0 Å². The first kappa shape index (κ1) is 14.7. The number of amides is 1. The van der Waals surface area contributed by atoms with Crippen molar-refractivity contribution in [3.8, 4) is 0 Å². The maximum absolute atomic E-state index is 11.9. The molecule has 1 aromatic heterocycles. The number of hydrogen-bond donors (Lipinski definition) is 1. The van der Waals surface area contributed by atoms with Crippen molar-refractivity contribution in [2.75, 3.05) is 17.3 Å². The third-order valence-electron chi connectivity index (χ3n) is 2.52. The molecule has 0 saturated heterocycles. The Balaban J connectivity index is 1.95. The van der Waals surface area contributed by atoms with Gasteiger partial charge in [0, 0.05) is 17.0 Å². The summed E-state index contributed by atoms with van der Waals surface area (Å²) in [6.07, 6.45) is 3.38. The van der Waals surface area contributed by atoms with E-state index in [4.69, 9.17) is 0 Å². The van der Waals surface area contributed by atoms with Crippen molar-refractivity contribution in [3.05, 3.63) is 53.9 Å². The van der Waals surface area contributed by atoms with Crippen LogP contribution in [0.15, 0.2) is 58.6 Å². The second-order valence-electron chi connectivity index (χ2n) is 3.90. The number of thioether (sulfide) groups is 2. The van der Waals surface area contributed by atoms with E-state index >= 15 is 0 Å². The number of pyridine rings is 1. The average Bonchev–Trinajstić information content (AvgIpc) is 2.47. The molecular formula is C14H14N2O2S2. The number of carbonyl (C=O) groups excluding carboxylic acids is 1. The second kappa shape index (κ2) is 7.21. The van der Waals surface area contributed by atoms with Gasteiger partial charge in [0.1, 0.15) is 0 Å². The molecule has 0 aliphatic carbocycles. The Morgan fingerprint density at radius 3 is 2.75 bits per heavy atom. The van der Waals surface area contributed by atoms with Crippen LogP contribution in [0.25, 0.3) is 0 Å². The Morgan fingerprint density at radius 1 is 1.25 bits per heavy atom. The SMILES string of the molecule is CSc1ccccc1NC(=O)CSc1cccc[n+]1[O-]. The Bertz CT molecular complexity index is 605. The van der Waals surface area contributed by atoms with Crippen LogP contribution >= 0.6 is 23.5 Å². The van der Waals surface area contributed by atoms with Gasteiger partial charge in [0.2, 0.25) is 5.91 Å². The molecule has 0 spiro atoms. The molecule has 4 nitrogen and oxygen atoms in total. The highest BCUT2D eigenvalue weighted by Gasteiger charge is 2.10. The summed E-state index contributed by atoms with van der Waals surface area (Å²) in [5.74, 6) is 0.0787. The second-order valence-corrected chi connectivity index (χ2v) is 5.75. The van der Waals surface area contributed by atoms with Crippen LogP contribution < -0.4 is 10.0 Å². The number of nitrogens with one attached hydrogen (secondary N) is 1. The van der Waals surface area contributed by atoms with Crippen molar-refractivity contribution in [2.24, 2.45) is 0 Å². The van der Waals surface area contributed by atoms with Crippen molar-refractivity contribution >= 4 is 35.1 Å². The van der Waals surface area contributed by atoms with Crippen LogP contribution in [0.5, 0.6) is 0 Å². The molecule has 1 heterocycles. The van der Waals surface area contributed by atoms with Crippen molar-refractivity contribution in [1.29, 1.82) is 0 Å². The number of para-hydroxylation sites is 1. The molecule has 0 bridgehead atoms. The van der Waals surface area contributed by atoms with Gasteiger partial charge in [-0.3, -0.25) is 4.79 Å². The number of anilines is 1. The van der Waals surface area contributed by atoms with Gasteiger partial charge >= 0.3 is 0 Å². The van der Waals surface area contributed by atoms with Crippen LogP contribution in [0.4, 0.5) is 5.69 Å². The lowest BCUT2D eigenvalue weighted by Crippen LogP contribution is -2.28. The van der Waals surface area contributed by atoms with Crippen molar-refractivity contribution in [2.45, 2.75) is 9.92 Å². The van der Waals surface area contributed by atoms with Gasteiger partial charge in [-0.2, -0.15) is 4.73 Å². The largest absolute Gasteiger partial charge is 0.618 e. The molecule has 1 amide bonds. The summed E-state index contributed by atoms with van der Waals surface area (Å²) in [4.78, 5) is 12.9. The smallest absolute Gasteiger partial charge is 0.251 e. The zero-order valence-electron chi connectivity index (χ0n) is 10.9. The minimum absolute atomic E-state index is 0.125. The number of carbonyl (C=O) groups is 1. The van der Waals surface area contributed by atoms with Gasteiger partial charge < -0.3 is 10.5 Å². The summed E-state index contributed by atoms with van der Waals surface area (Å²) >= 11 is 2.80. The molecule has 6 heteroatoms. The minimum Gasteiger partial charge on any atom is -0.618 e. The highest BCUT2D eigenvalue weighted by molar-refractivity contribution is 7.99. The Labute approximate surface area is 126 Å². The van der Waals surface area contributed by atoms with Crippen LogP contribution in [0.3, 0.4) is 0 Å². The molecule has 2 aromatic rings. The normalized spacial score (nSPS) is 10.2. The van der Waals surface area contributed by atoms with E-state index in [9.17, 15) is 10.0 Å². The van der Waals surface area contributed by atoms with E-state index in [2.05, 4.69) is 5.32 Å². The fourth-order valence-corrected chi connectivity index (χ4v) is 2.87. The van der Waals surface area contributed by atoms with Gasteiger partial charge in [-0.05, 0) is 36.2 Å². The first-order valence-electron chi connectivity index (χ1n) is 5.94. The van der Waals surface area contributed by atoms with Crippen molar-refractivity contribution < 1.29 is 9.52 Å². The molecule has 1 aromatic carbocycles. The molecule has 0 aliphatic heterocycles. The maximum Gasteiger partial charge on any atom is 0.251 e. The molecule has 2 rings (SSSR count). The van der Waals surface area contributed by atoms with Gasteiger partial charge in [-0.1, -0.05) is 12.1 Å². The number of aromatic nitrogens is 1. The molecule has 104 valence electrons. The first-order valence-corrected chi connectivity index (χ1v) is 8.15. The zero-order valence-corrected chi connectivity index (χ0v) is 12.5. The molecule has 1 N–H and O–H groups in total. The first-order chi connectivity index (χ1) is 9.70. The molecule has 0 fully saturated rings. The van der Waals surface area contributed by atoms with E-state index in [0.29, 0.717) is 5.03 Å². The lowest BCUT2D eigenvalue weighted by molar-refractivity contribution is -0.645. The summed E-state index contributed by atoms with van der Waals surface area (Å²) in [6.45, 7) is 0. The number of hydrogen-bond acceptors (Lipinski definition) is 4. The number of benzene rings is 1. The van der Waals surface area contributed by atoms with E-state index in [0.717, 1.165) is 15.3 Å². The van der Waals surface area contributed by atoms with Crippen LogP contribution in [-0.4, -0.2) is 17.9 Å². The van der Waals surface area contributed by atoms with Gasteiger partial charge in [-0.15, -0.1) is 11.8 Å². The molecule has 0 saturated carbocycles. The highest BCUT2D eigenvalue weighted by atomic mass is 32.2. The van der Waals surface area contributed by atoms with Gasteiger partial charge in [0.05, 0.1) is 11.4 Å². The zero-order chi connectivity index (χ0) is 14.4. The predicted octanol–water partition coefficient (Wildman–Crippen LogP) is 2.77. The highest BCUT2D eigenvalue weighted by Crippen LogP contribution is 2.24. The molecule has 0 unspecified atom stereocenters. The monoisotopic (exact) mass is 306 g/mol. The van der Waals surface area contributed by atoms with Crippen molar-refractivity contribution in [1.82, 2.24) is 0 Å². The standard InChI is InChI=1S/C14H14N2O2S2/c1-19-12-7-3-2-6-11(12)15-13(17)10-20-14-8-4-5-9-16(14)18/h2-9H,10H2,1H3,(H,15,17). The number of nitrogens with zero attached hydrogens (tertiary/aromatic N) is 1. The molecule has 20 heavy (non-hydrogen) atoms. The van der Waals surface area contributed by atoms with Gasteiger partial charge in [-0.25, -0.2) is 0 Å². The lowest BCUT2D eigenvalue weighted by Gasteiger charge is -2.08. The maximum atomic E-state index is 11.9. The fraction of sp³-hybridized carbons (Fsp3) is 0.143. The summed E-state index contributed by atoms with van der Waals surface area (Å²) in [7, 11) is 0. The molecule has 0 aliphatic rings. The quantitative estimate of drug-likeness (QED) is 0.524. The summed E-state index contributed by atoms with van der Waals surface area (Å²) in [5.41, 5.74) is 0.800. The summed E-state index contributed by atoms with van der Waals surface area (Å²) in [6, 6.07) is 12.8. The van der Waals surface area contributed by atoms with E-state index in [-0.39, 0.29) is 11.7 Å². The topological polar surface area (TPSA) is 56.0 Å². The minimum atomic E-state index is -0.125. The Morgan fingerprint density at radius 2 is 2.00 bits per heavy atom. The van der Waals surface area contributed by atoms with E-state index in [1.54, 1.807) is 30.0 Å². The van der Waals surface area contributed by atoms with Crippen LogP contribution in [-0.2, 0) is 4.79 Å². The molecule has 0 radical (unpaired) electrons. The van der Waals surface area contributed by atoms with E-state index in [1.165, 1.54) is 18.0 Å². The summed E-state index contributed by atoms with van der Waals surface area (Å²) in [5, 5.41) is 14.8. The average molecular weight is 306 g/mol. The third kappa shape index (κ3) is 3.91. The third-order valence-corrected chi connectivity index (χ3v) is 4.33. The van der Waals surface area contributed by atoms with Crippen molar-refractivity contribution in [3.63, 3.8) is 0 Å². The Kier molecular flexibility index (Phi) is 5.31. The van der Waals surface area contributed by atoms with Crippen LogP contribution in [0.2, 0.25) is 0 Å². The Hall–Kier alpha value is -1.66. The van der Waals surface area contributed by atoms with E-state index in [1.807, 2.05) is 30.5 Å². The lowest BCUT2D eigenvalue weighted by atomic mass is 10.3. The van der Waals surface area contributed by atoms with E-state index < -0.39 is 0 Å². The number of rotatable bonds is 5. The van der Waals surface area contributed by atoms with Crippen LogP contribution in [0, 0.1) is 5.21 Å². The molecular weight excluding hydrogens is 292 g/mol. The van der Waals surface area contributed by atoms with Gasteiger partial charge in [0.25, 0.3) is 5.03 Å². The fourth-order valence-electron chi connectivity index (χ4n) is 1.60. The predicted molar refractivity (Wildman–Crippen MR) is 83.0 cm³/mol. The summed E-state index contributed by atoms with van der Waals surface area (Å²) < 4.78 is 0.758. The van der Waals surface area contributed by atoms with Gasteiger partial charge in [0.15, 0.2) is 6.20 Å².